The summed E-state index contributed by atoms with van der Waals surface area (Å²) in [6.45, 7) is 3.66. The van der Waals surface area contributed by atoms with Crippen LogP contribution < -0.4 is 31.3 Å². The second-order valence-electron chi connectivity index (χ2n) is 13.7. The van der Waals surface area contributed by atoms with E-state index >= 15 is 0 Å². The number of aryl methyl sites for hydroxylation is 1. The molecule has 2 fully saturated rings. The molecule has 4 rings (SSSR count). The van der Waals surface area contributed by atoms with E-state index in [1.54, 1.807) is 14.0 Å². The number of rotatable bonds is 10. The molecule has 2 saturated heterocycles. The van der Waals surface area contributed by atoms with E-state index in [0.29, 0.717) is 51.6 Å². The van der Waals surface area contributed by atoms with Gasteiger partial charge in [0, 0.05) is 25.9 Å². The molecule has 6 amide bonds. The van der Waals surface area contributed by atoms with E-state index in [2.05, 4.69) is 26.6 Å². The van der Waals surface area contributed by atoms with Crippen LogP contribution in [0.25, 0.3) is 0 Å². The molecule has 14 heteroatoms. The fourth-order valence-corrected chi connectivity index (χ4v) is 6.68. The molecule has 2 aliphatic heterocycles. The monoisotopic (exact) mass is 734 g/mol. The Morgan fingerprint density at radius 2 is 1.58 bits per heavy atom. The minimum Gasteiger partial charge on any atom is -0.497 e. The predicted molar refractivity (Wildman–Crippen MR) is 197 cm³/mol. The minimum absolute atomic E-state index is 0.124. The van der Waals surface area contributed by atoms with Crippen LogP contribution in [0.5, 0.6) is 5.75 Å². The second kappa shape index (κ2) is 20.3. The molecule has 288 valence electrons. The van der Waals surface area contributed by atoms with Crippen molar-refractivity contribution in [1.82, 2.24) is 31.5 Å². The van der Waals surface area contributed by atoms with Gasteiger partial charge in [0.2, 0.25) is 35.4 Å². The Morgan fingerprint density at radius 3 is 2.26 bits per heavy atom. The number of hydrogen-bond acceptors (Lipinski definition) is 8. The van der Waals surface area contributed by atoms with Crippen molar-refractivity contribution in [3.05, 3.63) is 65.7 Å². The lowest BCUT2D eigenvalue weighted by atomic mass is 10.0. The van der Waals surface area contributed by atoms with Crippen LogP contribution in [0.2, 0.25) is 0 Å². The van der Waals surface area contributed by atoms with Crippen LogP contribution in [-0.2, 0) is 41.6 Å². The summed E-state index contributed by atoms with van der Waals surface area (Å²) in [6, 6.07) is 11.4. The Bertz CT molecular complexity index is 1550. The van der Waals surface area contributed by atoms with Crippen LogP contribution in [0, 0.1) is 0 Å². The van der Waals surface area contributed by atoms with Crippen molar-refractivity contribution in [2.75, 3.05) is 20.2 Å². The molecule has 0 radical (unpaired) electrons. The van der Waals surface area contributed by atoms with E-state index in [1.165, 1.54) is 11.8 Å². The highest BCUT2D eigenvalue weighted by molar-refractivity contribution is 5.97. The average Bonchev–Trinajstić information content (AvgIpc) is 3.65. The maximum absolute atomic E-state index is 14.0. The highest BCUT2D eigenvalue weighted by Gasteiger charge is 2.39. The van der Waals surface area contributed by atoms with Crippen LogP contribution >= 0.6 is 0 Å². The lowest BCUT2D eigenvalue weighted by molar-refractivity contribution is -0.142. The zero-order valence-electron chi connectivity index (χ0n) is 30.9. The molecule has 0 spiro atoms. The number of aliphatic hydroxyl groups is 1. The van der Waals surface area contributed by atoms with Crippen molar-refractivity contribution >= 4 is 35.4 Å². The van der Waals surface area contributed by atoms with Crippen LogP contribution in [0.3, 0.4) is 0 Å². The molecule has 0 aromatic heterocycles. The van der Waals surface area contributed by atoms with Crippen molar-refractivity contribution in [1.29, 1.82) is 0 Å². The molecular formula is C39H54N6O8. The molecule has 6 N–H and O–H groups in total. The van der Waals surface area contributed by atoms with E-state index in [0.717, 1.165) is 16.9 Å². The Kier molecular flexibility index (Phi) is 15.6. The highest BCUT2D eigenvalue weighted by Crippen LogP contribution is 2.20. The zero-order chi connectivity index (χ0) is 38.3. The first kappa shape index (κ1) is 40.8. The summed E-state index contributed by atoms with van der Waals surface area (Å²) >= 11 is 0. The van der Waals surface area contributed by atoms with Gasteiger partial charge in [0.05, 0.1) is 13.2 Å². The van der Waals surface area contributed by atoms with E-state index in [4.69, 9.17) is 4.74 Å². The van der Waals surface area contributed by atoms with Crippen LogP contribution in [0.4, 0.5) is 0 Å². The zero-order valence-corrected chi connectivity index (χ0v) is 30.9. The number of amides is 6. The summed E-state index contributed by atoms with van der Waals surface area (Å²) in [4.78, 5) is 82.7. The van der Waals surface area contributed by atoms with E-state index in [9.17, 15) is 33.9 Å². The summed E-state index contributed by atoms with van der Waals surface area (Å²) in [7, 11) is 1.59. The summed E-state index contributed by atoms with van der Waals surface area (Å²) in [5.41, 5.74) is 1.82. The van der Waals surface area contributed by atoms with Crippen molar-refractivity contribution in [3.8, 4) is 5.75 Å². The number of benzene rings is 2. The highest BCUT2D eigenvalue weighted by atomic mass is 16.5. The first-order chi connectivity index (χ1) is 25.5. The molecule has 2 aromatic rings. The number of nitrogens with zero attached hydrogens (tertiary/aromatic N) is 1. The minimum atomic E-state index is -1.46. The molecule has 0 bridgehead atoms. The van der Waals surface area contributed by atoms with Gasteiger partial charge in [0.1, 0.15) is 36.0 Å². The van der Waals surface area contributed by atoms with Gasteiger partial charge in [-0.15, -0.1) is 0 Å². The number of carbonyl (C=O) groups excluding carboxylic acids is 6. The Balaban J connectivity index is 1.51. The van der Waals surface area contributed by atoms with Gasteiger partial charge >= 0.3 is 0 Å². The third-order valence-electron chi connectivity index (χ3n) is 9.74. The largest absolute Gasteiger partial charge is 0.497 e. The lowest BCUT2D eigenvalue weighted by Gasteiger charge is -2.30. The first-order valence-electron chi connectivity index (χ1n) is 18.6. The van der Waals surface area contributed by atoms with E-state index in [1.807, 2.05) is 54.6 Å². The number of hydrogen-bond donors (Lipinski definition) is 6. The van der Waals surface area contributed by atoms with Gasteiger partial charge in [-0.25, -0.2) is 0 Å². The SMILES string of the molecule is CC[C@@H]1NC(=O)[C@@H](NC(=O)CCCc2ccc(OC)cc2)CCCCNC(=O)[C@@H]2CCCN2C(=O)[C@@H](Cc2ccccc2)NC(=O)[C@H]([C@@H](C)O)NC1=O. The third kappa shape index (κ3) is 12.0. The normalized spacial score (nSPS) is 24.3. The fourth-order valence-electron chi connectivity index (χ4n) is 6.68. The summed E-state index contributed by atoms with van der Waals surface area (Å²) in [5.74, 6) is -2.38. The summed E-state index contributed by atoms with van der Waals surface area (Å²) < 4.78 is 5.20. The molecule has 2 heterocycles. The third-order valence-corrected chi connectivity index (χ3v) is 9.74. The number of ether oxygens (including phenoxy) is 1. The molecule has 0 saturated carbocycles. The number of methoxy groups -OCH3 is 1. The molecule has 0 unspecified atom stereocenters. The molecular weight excluding hydrogens is 680 g/mol. The molecule has 0 aliphatic carbocycles. The van der Waals surface area contributed by atoms with Gasteiger partial charge in [0.25, 0.3) is 0 Å². The van der Waals surface area contributed by atoms with Gasteiger partial charge in [-0.3, -0.25) is 28.8 Å². The van der Waals surface area contributed by atoms with Crippen LogP contribution in [0.15, 0.2) is 54.6 Å². The van der Waals surface area contributed by atoms with Crippen molar-refractivity contribution in [3.63, 3.8) is 0 Å². The second-order valence-corrected chi connectivity index (χ2v) is 13.7. The summed E-state index contributed by atoms with van der Waals surface area (Å²) in [6.07, 6.45) is 2.60. The topological polar surface area (TPSA) is 195 Å². The predicted octanol–water partition coefficient (Wildman–Crippen LogP) is 1.28. The van der Waals surface area contributed by atoms with E-state index < -0.39 is 59.9 Å². The molecule has 2 aliphatic rings. The maximum Gasteiger partial charge on any atom is 0.246 e. The number of nitrogens with one attached hydrogen (secondary N) is 5. The van der Waals surface area contributed by atoms with Crippen LogP contribution in [0.1, 0.15) is 76.3 Å². The first-order valence-corrected chi connectivity index (χ1v) is 18.6. The maximum atomic E-state index is 14.0. The molecule has 14 nitrogen and oxygen atoms in total. The van der Waals surface area contributed by atoms with Gasteiger partial charge < -0.3 is 41.3 Å². The smallest absolute Gasteiger partial charge is 0.246 e. The van der Waals surface area contributed by atoms with Crippen molar-refractivity contribution in [2.45, 2.75) is 114 Å². The average molecular weight is 735 g/mol. The lowest BCUT2D eigenvalue weighted by Crippen LogP contribution is -2.61. The van der Waals surface area contributed by atoms with Crippen LogP contribution in [-0.4, -0.2) is 102 Å². The van der Waals surface area contributed by atoms with Crippen molar-refractivity contribution in [2.24, 2.45) is 0 Å². The summed E-state index contributed by atoms with van der Waals surface area (Å²) in [5, 5.41) is 24.4. The standard InChI is InChI=1S/C39H54N6O8/c1-4-29-35(48)44-34(25(2)46)38(51)43-31(24-27-12-6-5-7-13-27)39(52)45-23-11-16-32(45)37(50)40-22-9-8-15-30(36(49)42-29)41-33(47)17-10-14-26-18-20-28(53-3)21-19-26/h5-7,12-13,18-21,25,29-32,34,46H,4,8-11,14-17,22-24H2,1-3H3,(H,40,50)(H,41,47)(H,42,49)(H,43,51)(H,44,48)/t25-,29+,30+,31-,32+,34+/m1/s1. The fraction of sp³-hybridized carbons (Fsp3) is 0.538. The number of aliphatic hydroxyl groups excluding tert-OH is 1. The quantitative estimate of drug-likeness (QED) is 0.210. The van der Waals surface area contributed by atoms with Gasteiger partial charge in [-0.1, -0.05) is 49.4 Å². The Labute approximate surface area is 311 Å². The van der Waals surface area contributed by atoms with Gasteiger partial charge in [-0.05, 0) is 81.5 Å². The Morgan fingerprint density at radius 1 is 0.868 bits per heavy atom. The number of carbonyl (C=O) groups is 6. The van der Waals surface area contributed by atoms with Gasteiger partial charge in [-0.2, -0.15) is 0 Å². The molecule has 2 aromatic carbocycles. The Hall–Kier alpha value is -4.98. The van der Waals surface area contributed by atoms with Gasteiger partial charge in [0.15, 0.2) is 0 Å². The van der Waals surface area contributed by atoms with Crippen molar-refractivity contribution < 1.29 is 38.6 Å². The van der Waals surface area contributed by atoms with E-state index in [-0.39, 0.29) is 37.5 Å². The number of fused-ring (bicyclic) bond motifs is 1. The molecule has 6 atom stereocenters. The molecule has 53 heavy (non-hydrogen) atoms.